The summed E-state index contributed by atoms with van der Waals surface area (Å²) < 4.78 is 37.8. The first-order valence-electron chi connectivity index (χ1n) is 11.6. The van der Waals surface area contributed by atoms with Crippen LogP contribution in [0.2, 0.25) is 0 Å². The molecule has 0 rings (SSSR count). The molecule has 0 saturated carbocycles. The zero-order valence-corrected chi connectivity index (χ0v) is 31.0. The van der Waals surface area contributed by atoms with Gasteiger partial charge in [0.05, 0.1) is 11.4 Å². The Morgan fingerprint density at radius 2 is 0.500 bits per heavy atom. The van der Waals surface area contributed by atoms with Crippen LogP contribution in [0.5, 0.6) is 0 Å². The highest BCUT2D eigenvalue weighted by atomic mass is 32.7. The molecule has 0 spiro atoms. The van der Waals surface area contributed by atoms with Gasteiger partial charge in [0.2, 0.25) is 22.5 Å². The van der Waals surface area contributed by atoms with Gasteiger partial charge in [-0.2, -0.15) is 0 Å². The minimum Gasteiger partial charge on any atom is -0.249 e. The predicted octanol–water partition coefficient (Wildman–Crippen LogP) is 4.92. The van der Waals surface area contributed by atoms with Crippen LogP contribution in [0.1, 0.15) is 0 Å². The first-order chi connectivity index (χ1) is 16.2. The monoisotopic (exact) mass is 609 g/mol. The molecule has 0 heterocycles. The summed E-state index contributed by atoms with van der Waals surface area (Å²) in [5, 5.41) is 0. The van der Waals surface area contributed by atoms with E-state index in [1.807, 2.05) is 0 Å². The second-order valence-electron chi connectivity index (χ2n) is 10.2. The molecule has 0 amide bonds. The molecule has 0 aliphatic carbocycles. The fourth-order valence-corrected chi connectivity index (χ4v) is 27.4. The number of hydrogen-bond acceptors (Lipinski definition) is 4. The molecule has 0 N–H and O–H groups in total. The van der Waals surface area contributed by atoms with Crippen molar-refractivity contribution in [1.82, 2.24) is 42.0 Å². The van der Waals surface area contributed by atoms with Crippen LogP contribution >= 0.6 is 40.8 Å². The molecule has 0 fully saturated rings. The third-order valence-corrected chi connectivity index (χ3v) is 25.1. The van der Waals surface area contributed by atoms with Gasteiger partial charge in [0.15, 0.2) is 0 Å². The van der Waals surface area contributed by atoms with Crippen molar-refractivity contribution in [2.24, 2.45) is 13.5 Å². The van der Waals surface area contributed by atoms with E-state index in [0.717, 1.165) is 0 Å². The quantitative estimate of drug-likeness (QED) is 0.269. The average molecular weight is 610 g/mol. The van der Waals surface area contributed by atoms with E-state index in [1.54, 1.807) is 11.4 Å². The number of rotatable bonds is 13. The van der Waals surface area contributed by atoms with Crippen LogP contribution in [0.3, 0.4) is 0 Å². The first kappa shape index (κ1) is 37.1. The zero-order valence-electron chi connectivity index (χ0n) is 26.6. The molecular formula is C19H57N12P4S+. The average Bonchev–Trinajstić information content (AvgIpc) is 2.71. The lowest BCUT2D eigenvalue weighted by Gasteiger charge is -2.43. The van der Waals surface area contributed by atoms with Crippen molar-refractivity contribution < 1.29 is 0 Å². The number of hydrogen-bond donors (Lipinski definition) is 0. The maximum atomic E-state index is 5.85. The molecule has 0 aromatic heterocycles. The molecule has 0 radical (unpaired) electrons. The first-order valence-corrected chi connectivity index (χ1v) is 19.9. The molecule has 0 aromatic rings. The Bertz CT molecular complexity index is 676. The third kappa shape index (κ3) is 7.05. The molecule has 0 bridgehead atoms. The fourth-order valence-electron chi connectivity index (χ4n) is 4.57. The Morgan fingerprint density at radius 3 is 0.583 bits per heavy atom. The summed E-state index contributed by atoms with van der Waals surface area (Å²) in [4.78, 5) is 0. The van der Waals surface area contributed by atoms with E-state index >= 15 is 0 Å². The van der Waals surface area contributed by atoms with Gasteiger partial charge < -0.3 is 0 Å². The molecular weight excluding hydrogens is 552 g/mol. The van der Waals surface area contributed by atoms with E-state index in [0.29, 0.717) is 0 Å². The van der Waals surface area contributed by atoms with Crippen molar-refractivity contribution >= 4 is 40.8 Å². The Balaban J connectivity index is 8.72. The normalized spacial score (nSPS) is 14.7. The van der Waals surface area contributed by atoms with Crippen molar-refractivity contribution in [3.63, 3.8) is 0 Å². The van der Waals surface area contributed by atoms with Crippen molar-refractivity contribution in [3.05, 3.63) is 0 Å². The van der Waals surface area contributed by atoms with Gasteiger partial charge in [-0.05, 0) is 140 Å². The summed E-state index contributed by atoms with van der Waals surface area (Å²) >= 11 is 1.71. The molecule has 218 valence electrons. The van der Waals surface area contributed by atoms with E-state index in [-0.39, 0.29) is 0 Å². The highest BCUT2D eigenvalue weighted by Crippen LogP contribution is 2.87. The van der Waals surface area contributed by atoms with E-state index in [9.17, 15) is 0 Å². The smallest absolute Gasteiger partial charge is 0.249 e. The van der Waals surface area contributed by atoms with Gasteiger partial charge in [0.1, 0.15) is 0 Å². The lowest BCUT2D eigenvalue weighted by molar-refractivity contribution is 0.472. The lowest BCUT2D eigenvalue weighted by Crippen LogP contribution is -2.32. The van der Waals surface area contributed by atoms with E-state index < -0.39 is 29.4 Å². The van der Waals surface area contributed by atoms with Gasteiger partial charge in [0, 0.05) is 6.26 Å². The zero-order chi connectivity index (χ0) is 29.0. The largest absolute Gasteiger partial charge is 0.433 e. The van der Waals surface area contributed by atoms with Crippen LogP contribution in [-0.4, -0.2) is 175 Å². The second kappa shape index (κ2) is 14.1. The highest BCUT2D eigenvalue weighted by Gasteiger charge is 2.53. The molecule has 12 nitrogen and oxygen atoms in total. The van der Waals surface area contributed by atoms with Crippen molar-refractivity contribution in [2.75, 3.05) is 133 Å². The minimum atomic E-state index is -2.76. The van der Waals surface area contributed by atoms with Gasteiger partial charge in [-0.25, -0.2) is 42.0 Å². The molecule has 0 unspecified atom stereocenters. The fraction of sp³-hybridized carbons (Fsp3) is 1.00. The summed E-state index contributed by atoms with van der Waals surface area (Å²) in [6, 6.07) is 0. The Hall–Kier alpha value is 1.11. The summed E-state index contributed by atoms with van der Waals surface area (Å²) in [6.45, 7) is -2.76. The third-order valence-electron chi connectivity index (χ3n) is 5.78. The Morgan fingerprint density at radius 1 is 0.361 bits per heavy atom. The van der Waals surface area contributed by atoms with Crippen molar-refractivity contribution in [1.29, 1.82) is 0 Å². The van der Waals surface area contributed by atoms with Crippen LogP contribution in [-0.2, 0) is 0 Å². The van der Waals surface area contributed by atoms with Crippen LogP contribution in [0.25, 0.3) is 0 Å². The number of nitrogens with zero attached hydrogens (tertiary/aromatic N) is 12. The van der Waals surface area contributed by atoms with E-state index in [2.05, 4.69) is 175 Å². The summed E-state index contributed by atoms with van der Waals surface area (Å²) in [5.74, 6) is 0. The molecule has 0 aromatic carbocycles. The van der Waals surface area contributed by atoms with Crippen LogP contribution < -0.4 is 0 Å². The van der Waals surface area contributed by atoms with Gasteiger partial charge in [-0.15, -0.1) is 0 Å². The van der Waals surface area contributed by atoms with Crippen LogP contribution in [0.4, 0.5) is 0 Å². The second-order valence-corrected chi connectivity index (χ2v) is 26.7. The van der Waals surface area contributed by atoms with Crippen molar-refractivity contribution in [2.45, 2.75) is 0 Å². The molecule has 0 aliphatic rings. The van der Waals surface area contributed by atoms with E-state index in [1.165, 1.54) is 0 Å². The Kier molecular flexibility index (Phi) is 14.6. The van der Waals surface area contributed by atoms with Gasteiger partial charge >= 0.3 is 6.92 Å². The van der Waals surface area contributed by atoms with Crippen LogP contribution in [0.15, 0.2) is 13.5 Å². The maximum absolute atomic E-state index is 5.85. The standard InChI is InChI=1S/C19H57N12P4S/c1-23(2)33(24(3)4,25(5)6)20-32(36-19,21-34(26(7)8,27(9)10)28(11)12)22-35(29(13)14,30(15)16)31(17)18/h1-19H3/q+1. The molecule has 36 heavy (non-hydrogen) atoms. The predicted molar refractivity (Wildman–Crippen MR) is 172 cm³/mol. The minimum absolute atomic E-state index is 1.71. The summed E-state index contributed by atoms with van der Waals surface area (Å²) in [6.07, 6.45) is 2.13. The van der Waals surface area contributed by atoms with E-state index in [4.69, 9.17) is 13.5 Å². The topological polar surface area (TPSA) is 66.2 Å². The Labute approximate surface area is 229 Å². The lowest BCUT2D eigenvalue weighted by atomic mass is 11.2. The molecule has 0 saturated heterocycles. The molecule has 0 atom stereocenters. The SMILES string of the molecule is CS[P+](N=P(N(C)C)(N(C)C)N(C)C)(N=P(N(C)C)(N(C)C)N(C)C)N=P(N(C)C)(N(C)C)N(C)C. The maximum Gasteiger partial charge on any atom is 0.433 e. The van der Waals surface area contributed by atoms with Crippen LogP contribution in [0, 0.1) is 0 Å². The summed E-state index contributed by atoms with van der Waals surface area (Å²) in [5.41, 5.74) is 0. The van der Waals surface area contributed by atoms with Gasteiger partial charge in [-0.3, -0.25) is 0 Å². The molecule has 0 aliphatic heterocycles. The highest BCUT2D eigenvalue weighted by molar-refractivity contribution is 8.62. The van der Waals surface area contributed by atoms with Crippen molar-refractivity contribution in [3.8, 4) is 0 Å². The summed E-state index contributed by atoms with van der Waals surface area (Å²) in [7, 11) is 31.1. The van der Waals surface area contributed by atoms with Gasteiger partial charge in [-0.1, -0.05) is 0 Å². The van der Waals surface area contributed by atoms with Gasteiger partial charge in [0.25, 0.3) is 0 Å². The molecule has 17 heteroatoms.